The first-order valence-corrected chi connectivity index (χ1v) is 14.1. The molecule has 2 aromatic carbocycles. The van der Waals surface area contributed by atoms with Crippen molar-refractivity contribution in [2.24, 2.45) is 0 Å². The first-order chi connectivity index (χ1) is 17.4. The molecule has 37 heavy (non-hydrogen) atoms. The lowest BCUT2D eigenvalue weighted by molar-refractivity contribution is -0.140. The summed E-state index contributed by atoms with van der Waals surface area (Å²) >= 11 is 7.95. The number of nitrogens with one attached hydrogen (secondary N) is 2. The Morgan fingerprint density at radius 2 is 1.73 bits per heavy atom. The number of aryl methyl sites for hydroxylation is 2. The number of para-hydroxylation sites is 1. The van der Waals surface area contributed by atoms with Gasteiger partial charge in [0.05, 0.1) is 10.7 Å². The zero-order valence-corrected chi connectivity index (χ0v) is 24.3. The van der Waals surface area contributed by atoms with Gasteiger partial charge in [0.2, 0.25) is 5.91 Å². The summed E-state index contributed by atoms with van der Waals surface area (Å²) in [7, 11) is 0. The van der Waals surface area contributed by atoms with Crippen LogP contribution < -0.4 is 10.6 Å². The van der Waals surface area contributed by atoms with Crippen LogP contribution in [0.2, 0.25) is 5.02 Å². The van der Waals surface area contributed by atoms with E-state index in [1.165, 1.54) is 4.90 Å². The number of amides is 3. The molecule has 0 fully saturated rings. The molecular formula is C28H38ClN3O4S. The van der Waals surface area contributed by atoms with Gasteiger partial charge in [-0.25, -0.2) is 4.79 Å². The van der Waals surface area contributed by atoms with E-state index in [1.807, 2.05) is 63.4 Å². The minimum atomic E-state index is -0.939. The lowest BCUT2D eigenvalue weighted by atomic mass is 10.0. The molecule has 0 saturated carbocycles. The summed E-state index contributed by atoms with van der Waals surface area (Å²) < 4.78 is 5.40. The van der Waals surface area contributed by atoms with E-state index in [9.17, 15) is 14.4 Å². The molecular weight excluding hydrogens is 510 g/mol. The molecule has 2 N–H and O–H groups in total. The van der Waals surface area contributed by atoms with Crippen molar-refractivity contribution in [3.8, 4) is 0 Å². The number of hydrogen-bond donors (Lipinski definition) is 2. The van der Waals surface area contributed by atoms with Crippen molar-refractivity contribution < 1.29 is 19.1 Å². The second-order valence-electron chi connectivity index (χ2n) is 9.84. The number of halogens is 1. The Labute approximate surface area is 229 Å². The Bertz CT molecular complexity index is 1070. The number of carbonyl (C=O) groups is 3. The third-order valence-electron chi connectivity index (χ3n) is 5.65. The van der Waals surface area contributed by atoms with Crippen molar-refractivity contribution in [1.82, 2.24) is 10.2 Å². The molecule has 3 amide bonds. The van der Waals surface area contributed by atoms with Gasteiger partial charge in [-0.3, -0.25) is 9.59 Å². The van der Waals surface area contributed by atoms with Crippen LogP contribution in [-0.2, 0) is 14.3 Å². The number of alkyl carbamates (subject to hydrolysis) is 1. The SMILES string of the molecule is CCN(C(=O)C(CCSC)NC(=O)OC(C)(C)C)C(C(=O)Nc1c(C)cccc1Cl)c1ccc(C)cc1. The molecule has 0 aliphatic carbocycles. The molecule has 9 heteroatoms. The van der Waals surface area contributed by atoms with Gasteiger partial charge in [-0.05, 0) is 77.2 Å². The number of anilines is 1. The highest BCUT2D eigenvalue weighted by atomic mass is 35.5. The highest BCUT2D eigenvalue weighted by Crippen LogP contribution is 2.29. The van der Waals surface area contributed by atoms with Crippen molar-refractivity contribution in [2.75, 3.05) is 23.9 Å². The van der Waals surface area contributed by atoms with Gasteiger partial charge in [0.25, 0.3) is 5.91 Å². The lowest BCUT2D eigenvalue weighted by Crippen LogP contribution is -2.52. The summed E-state index contributed by atoms with van der Waals surface area (Å²) in [6, 6.07) is 11.1. The van der Waals surface area contributed by atoms with Crippen LogP contribution >= 0.6 is 23.4 Å². The minimum Gasteiger partial charge on any atom is -0.444 e. The van der Waals surface area contributed by atoms with Crippen molar-refractivity contribution in [2.45, 2.75) is 65.6 Å². The molecule has 0 radical (unpaired) electrons. The zero-order chi connectivity index (χ0) is 27.8. The van der Waals surface area contributed by atoms with Crippen LogP contribution in [0.15, 0.2) is 42.5 Å². The molecule has 2 rings (SSSR count). The molecule has 202 valence electrons. The molecule has 0 heterocycles. The van der Waals surface area contributed by atoms with E-state index in [0.717, 1.165) is 11.1 Å². The van der Waals surface area contributed by atoms with Crippen LogP contribution in [0.25, 0.3) is 0 Å². The van der Waals surface area contributed by atoms with Crippen LogP contribution in [0.4, 0.5) is 10.5 Å². The zero-order valence-electron chi connectivity index (χ0n) is 22.7. The Balaban J connectivity index is 2.46. The maximum Gasteiger partial charge on any atom is 0.408 e. The molecule has 0 aromatic heterocycles. The molecule has 2 atom stereocenters. The Morgan fingerprint density at radius 1 is 1.08 bits per heavy atom. The third kappa shape index (κ3) is 8.97. The normalized spacial score (nSPS) is 12.9. The van der Waals surface area contributed by atoms with Crippen molar-refractivity contribution in [3.05, 3.63) is 64.2 Å². The van der Waals surface area contributed by atoms with Crippen LogP contribution in [0.1, 0.15) is 56.8 Å². The maximum absolute atomic E-state index is 13.9. The van der Waals surface area contributed by atoms with Gasteiger partial charge in [0, 0.05) is 6.54 Å². The number of ether oxygens (including phenoxy) is 1. The van der Waals surface area contributed by atoms with E-state index in [-0.39, 0.29) is 12.5 Å². The van der Waals surface area contributed by atoms with E-state index in [0.29, 0.717) is 28.4 Å². The van der Waals surface area contributed by atoms with Crippen LogP contribution in [-0.4, -0.2) is 53.0 Å². The molecule has 0 bridgehead atoms. The summed E-state index contributed by atoms with van der Waals surface area (Å²) in [4.78, 5) is 41.7. The molecule has 0 saturated heterocycles. The Morgan fingerprint density at radius 3 is 2.27 bits per heavy atom. The van der Waals surface area contributed by atoms with E-state index in [4.69, 9.17) is 16.3 Å². The van der Waals surface area contributed by atoms with Crippen LogP contribution in [0, 0.1) is 13.8 Å². The predicted octanol–water partition coefficient (Wildman–Crippen LogP) is 6.13. The summed E-state index contributed by atoms with van der Waals surface area (Å²) in [5.74, 6) is -0.112. The van der Waals surface area contributed by atoms with Gasteiger partial charge in [0.15, 0.2) is 0 Å². The summed E-state index contributed by atoms with van der Waals surface area (Å²) in [6.45, 7) is 11.2. The third-order valence-corrected chi connectivity index (χ3v) is 6.61. The lowest BCUT2D eigenvalue weighted by Gasteiger charge is -2.34. The standard InChI is InChI=1S/C28H38ClN3O4S/c1-8-32(26(34)22(16-17-37-7)30-27(35)36-28(4,5)6)24(20-14-12-18(2)13-15-20)25(33)31-23-19(3)10-9-11-21(23)29/h9-15,22,24H,8,16-17H2,1-7H3,(H,30,35)(H,31,33). The van der Waals surface area contributed by atoms with E-state index in [2.05, 4.69) is 10.6 Å². The minimum absolute atomic E-state index is 0.248. The van der Waals surface area contributed by atoms with Gasteiger partial charge in [-0.15, -0.1) is 0 Å². The quantitative estimate of drug-likeness (QED) is 0.373. The second kappa shape index (κ2) is 13.7. The number of thioether (sulfide) groups is 1. The average Bonchev–Trinajstić information content (AvgIpc) is 2.81. The number of hydrogen-bond acceptors (Lipinski definition) is 5. The topological polar surface area (TPSA) is 87.7 Å². The van der Waals surface area contributed by atoms with E-state index < -0.39 is 29.7 Å². The summed E-state index contributed by atoms with van der Waals surface area (Å²) in [5.41, 5.74) is 2.29. The van der Waals surface area contributed by atoms with E-state index in [1.54, 1.807) is 38.6 Å². The molecule has 0 spiro atoms. The maximum atomic E-state index is 13.9. The molecule has 0 aliphatic heterocycles. The number of rotatable bonds is 10. The van der Waals surface area contributed by atoms with Crippen LogP contribution in [0.3, 0.4) is 0 Å². The molecule has 7 nitrogen and oxygen atoms in total. The van der Waals surface area contributed by atoms with Gasteiger partial charge in [-0.2, -0.15) is 11.8 Å². The first-order valence-electron chi connectivity index (χ1n) is 12.3. The highest BCUT2D eigenvalue weighted by molar-refractivity contribution is 7.98. The Hall–Kier alpha value is -2.71. The summed E-state index contributed by atoms with van der Waals surface area (Å²) in [6.07, 6.45) is 1.65. The van der Waals surface area contributed by atoms with Crippen LogP contribution in [0.5, 0.6) is 0 Å². The number of carbonyl (C=O) groups excluding carboxylic acids is 3. The van der Waals surface area contributed by atoms with Gasteiger partial charge in [-0.1, -0.05) is 53.6 Å². The fraction of sp³-hybridized carbons (Fsp3) is 0.464. The van der Waals surface area contributed by atoms with Gasteiger partial charge in [0.1, 0.15) is 17.7 Å². The fourth-order valence-corrected chi connectivity index (χ4v) is 4.55. The second-order valence-corrected chi connectivity index (χ2v) is 11.2. The fourth-order valence-electron chi connectivity index (χ4n) is 3.81. The van der Waals surface area contributed by atoms with Crippen molar-refractivity contribution >= 4 is 47.0 Å². The largest absolute Gasteiger partial charge is 0.444 e. The molecule has 2 aromatic rings. The predicted molar refractivity (Wildman–Crippen MR) is 152 cm³/mol. The van der Waals surface area contributed by atoms with Crippen molar-refractivity contribution in [3.63, 3.8) is 0 Å². The van der Waals surface area contributed by atoms with E-state index >= 15 is 0 Å². The number of benzene rings is 2. The van der Waals surface area contributed by atoms with Crippen molar-refractivity contribution in [1.29, 1.82) is 0 Å². The van der Waals surface area contributed by atoms with Gasteiger partial charge < -0.3 is 20.3 Å². The number of nitrogens with zero attached hydrogens (tertiary/aromatic N) is 1. The molecule has 2 unspecified atom stereocenters. The average molecular weight is 548 g/mol. The summed E-state index contributed by atoms with van der Waals surface area (Å²) in [5, 5.41) is 6.07. The smallest absolute Gasteiger partial charge is 0.408 e. The number of likely N-dealkylation sites (N-methyl/N-ethyl adjacent to an activating group) is 1. The monoisotopic (exact) mass is 547 g/mol. The Kier molecular flexibility index (Phi) is 11.3. The van der Waals surface area contributed by atoms with Gasteiger partial charge >= 0.3 is 6.09 Å². The molecule has 0 aliphatic rings. The highest BCUT2D eigenvalue weighted by Gasteiger charge is 2.35. The first kappa shape index (κ1) is 30.5.